The van der Waals surface area contributed by atoms with Crippen molar-refractivity contribution in [2.24, 2.45) is 5.92 Å². The average molecular weight is 291 g/mol. The number of aliphatic hydroxyl groups excluding tert-OH is 1. The van der Waals surface area contributed by atoms with Crippen LogP contribution >= 0.6 is 0 Å². The van der Waals surface area contributed by atoms with Gasteiger partial charge in [0.05, 0.1) is 18.9 Å². The Morgan fingerprint density at radius 3 is 2.86 bits per heavy atom. The van der Waals surface area contributed by atoms with Gasteiger partial charge in [-0.1, -0.05) is 29.9 Å². The van der Waals surface area contributed by atoms with Crippen LogP contribution in [0.3, 0.4) is 0 Å². The van der Waals surface area contributed by atoms with E-state index >= 15 is 0 Å². The third kappa shape index (κ3) is 3.64. The van der Waals surface area contributed by atoms with Gasteiger partial charge >= 0.3 is 12.3 Å². The minimum Gasteiger partial charge on any atom is -0.512 e. The maximum absolute atomic E-state index is 10.4. The van der Waals surface area contributed by atoms with Gasteiger partial charge in [0.15, 0.2) is 0 Å². The zero-order valence-electron chi connectivity index (χ0n) is 12.8. The number of aliphatic hydroxyl groups is 1. The molecule has 0 saturated carbocycles. The van der Waals surface area contributed by atoms with E-state index in [0.717, 1.165) is 18.4 Å². The van der Waals surface area contributed by atoms with Gasteiger partial charge in [-0.3, -0.25) is 4.74 Å². The van der Waals surface area contributed by atoms with Crippen LogP contribution in [0.15, 0.2) is 47.3 Å². The fourth-order valence-electron chi connectivity index (χ4n) is 2.69. The first-order valence-corrected chi connectivity index (χ1v) is 7.16. The lowest BCUT2D eigenvalue weighted by atomic mass is 9.91. The fourth-order valence-corrected chi connectivity index (χ4v) is 2.69. The van der Waals surface area contributed by atoms with E-state index in [9.17, 15) is 9.90 Å². The molecule has 21 heavy (non-hydrogen) atoms. The zero-order valence-corrected chi connectivity index (χ0v) is 12.8. The number of fused-ring (bicyclic) bond motifs is 1. The van der Waals surface area contributed by atoms with Gasteiger partial charge in [0.25, 0.3) is 0 Å². The Hall–Kier alpha value is -1.81. The summed E-state index contributed by atoms with van der Waals surface area (Å²) in [4.78, 5) is 9.30. The highest BCUT2D eigenvalue weighted by molar-refractivity contribution is 5.67. The van der Waals surface area contributed by atoms with Gasteiger partial charge in [0.1, 0.15) is 5.76 Å². The normalized spacial score (nSPS) is 30.0. The van der Waals surface area contributed by atoms with E-state index in [2.05, 4.69) is 12.7 Å². The number of hydrogen-bond donors (Lipinski definition) is 1. The van der Waals surface area contributed by atoms with Crippen LogP contribution in [0.4, 0.5) is 0 Å². The molecule has 4 nitrogen and oxygen atoms in total. The summed E-state index contributed by atoms with van der Waals surface area (Å²) < 4.78 is 11.0. The minimum absolute atomic E-state index is 0.176. The monoisotopic (exact) mass is 291 g/mol. The second-order valence-corrected chi connectivity index (χ2v) is 5.69. The number of rotatable bonds is 1. The van der Waals surface area contributed by atoms with Crippen LogP contribution in [-0.2, 0) is 9.47 Å². The zero-order chi connectivity index (χ0) is 15.6. The predicted molar refractivity (Wildman–Crippen MR) is 82.5 cm³/mol. The van der Waals surface area contributed by atoms with E-state index in [4.69, 9.17) is 9.47 Å². The molecule has 2 rings (SSSR count). The molecule has 3 atom stereocenters. The molecule has 2 aliphatic rings. The topological polar surface area (TPSA) is 60.1 Å². The van der Waals surface area contributed by atoms with Crippen LogP contribution < -0.4 is 0 Å². The smallest absolute Gasteiger partial charge is 0.482 e. The molecule has 4 heteroatoms. The lowest BCUT2D eigenvalue weighted by Gasteiger charge is -2.16. The van der Waals surface area contributed by atoms with Gasteiger partial charge in [0.2, 0.25) is 0 Å². The molecule has 0 aromatic carbocycles. The van der Waals surface area contributed by atoms with E-state index < -0.39 is 6.29 Å². The number of esters is 1. The molecule has 3 unspecified atom stereocenters. The fraction of sp³-hybridized carbons (Fsp3) is 0.471. The molecule has 1 fully saturated rings. The van der Waals surface area contributed by atoms with Crippen molar-refractivity contribution < 1.29 is 19.4 Å². The summed E-state index contributed by atoms with van der Waals surface area (Å²) in [5, 5.41) is 10.4. The van der Waals surface area contributed by atoms with Gasteiger partial charge in [0, 0.05) is 5.57 Å². The Morgan fingerprint density at radius 1 is 1.48 bits per heavy atom. The first-order valence-electron chi connectivity index (χ1n) is 7.16. The third-order valence-corrected chi connectivity index (χ3v) is 3.74. The molecule has 0 bridgehead atoms. The molecular formula is C17H23O4+. The first-order chi connectivity index (χ1) is 9.88. The highest BCUT2D eigenvalue weighted by Gasteiger charge is 2.45. The summed E-state index contributed by atoms with van der Waals surface area (Å²) in [5.74, 6) is -0.317. The van der Waals surface area contributed by atoms with Gasteiger partial charge < -0.3 is 14.6 Å². The van der Waals surface area contributed by atoms with E-state index in [0.29, 0.717) is 5.57 Å². The second-order valence-electron chi connectivity index (χ2n) is 5.69. The van der Waals surface area contributed by atoms with E-state index in [1.165, 1.54) is 12.5 Å². The Bertz CT molecular complexity index is 539. The standard InChI is InChI=1S/C17H22O4/c1-10-6-5-7-11(2)9-15-16(14(19)8-10)12(3)17(21-15)20-13(4)18/h6,8-9,15-17,19H,3,5,7H2,1-2,4H3/p+1. The van der Waals surface area contributed by atoms with Crippen LogP contribution in [-0.4, -0.2) is 28.3 Å². The van der Waals surface area contributed by atoms with Gasteiger partial charge in [-0.25, -0.2) is 0 Å². The Morgan fingerprint density at radius 2 is 2.19 bits per heavy atom. The van der Waals surface area contributed by atoms with Crippen molar-refractivity contribution in [1.29, 1.82) is 0 Å². The lowest BCUT2D eigenvalue weighted by molar-refractivity contribution is -0.0599. The van der Waals surface area contributed by atoms with Crippen molar-refractivity contribution >= 4 is 5.97 Å². The molecule has 1 heterocycles. The van der Waals surface area contributed by atoms with Crippen molar-refractivity contribution in [3.63, 3.8) is 0 Å². The number of hydrogen-bond acceptors (Lipinski definition) is 3. The number of carbonyl (C=O) groups excluding carboxylic acids is 1. The van der Waals surface area contributed by atoms with Crippen molar-refractivity contribution in [3.8, 4) is 0 Å². The Kier molecular flexibility index (Phi) is 4.68. The summed E-state index contributed by atoms with van der Waals surface area (Å²) in [6.07, 6.45) is 6.66. The summed E-state index contributed by atoms with van der Waals surface area (Å²) in [7, 11) is 0. The third-order valence-electron chi connectivity index (χ3n) is 3.74. The highest BCUT2D eigenvalue weighted by Crippen LogP contribution is 2.38. The molecule has 0 radical (unpaired) electrons. The molecule has 0 aromatic heterocycles. The Labute approximate surface area is 125 Å². The van der Waals surface area contributed by atoms with E-state index in [1.54, 1.807) is 6.08 Å². The van der Waals surface area contributed by atoms with Gasteiger partial charge in [-0.05, 0) is 32.8 Å². The largest absolute Gasteiger partial charge is 0.512 e. The highest BCUT2D eigenvalue weighted by atomic mass is 16.7. The van der Waals surface area contributed by atoms with Gasteiger partial charge in [-0.2, -0.15) is 0 Å². The van der Waals surface area contributed by atoms with Crippen LogP contribution in [0.1, 0.15) is 33.6 Å². The molecular weight excluding hydrogens is 268 g/mol. The number of ether oxygens (including phenoxy) is 2. The molecule has 1 aliphatic heterocycles. The van der Waals surface area contributed by atoms with Crippen molar-refractivity contribution in [2.75, 3.05) is 0 Å². The van der Waals surface area contributed by atoms with Crippen LogP contribution in [0.25, 0.3) is 0 Å². The Balaban J connectivity index is 2.37. The molecule has 0 spiro atoms. The molecule has 0 amide bonds. The first kappa shape index (κ1) is 15.6. The molecule has 0 aromatic rings. The minimum atomic E-state index is -0.741. The van der Waals surface area contributed by atoms with Crippen molar-refractivity contribution in [2.45, 2.75) is 46.0 Å². The van der Waals surface area contributed by atoms with E-state index in [-0.39, 0.29) is 23.8 Å². The predicted octanol–water partition coefficient (Wildman–Crippen LogP) is 3.55. The average Bonchev–Trinajstić information content (AvgIpc) is 2.64. The van der Waals surface area contributed by atoms with Crippen LogP contribution in [0.5, 0.6) is 0 Å². The summed E-state index contributed by atoms with van der Waals surface area (Å²) >= 11 is 0. The lowest BCUT2D eigenvalue weighted by Crippen LogP contribution is -2.17. The molecule has 1 aliphatic carbocycles. The quantitative estimate of drug-likeness (QED) is 0.456. The van der Waals surface area contributed by atoms with Crippen LogP contribution in [0, 0.1) is 5.92 Å². The van der Waals surface area contributed by atoms with Crippen LogP contribution in [0.2, 0.25) is 0 Å². The second kappa shape index (κ2) is 6.31. The van der Waals surface area contributed by atoms with Gasteiger partial charge in [-0.15, -0.1) is 0 Å². The summed E-state index contributed by atoms with van der Waals surface area (Å²) in [6, 6.07) is 0. The van der Waals surface area contributed by atoms with E-state index in [1.807, 2.05) is 19.9 Å². The SMILES string of the molecule is C=C1C(OC(C)=[OH+])OC2C=C(C)CCC=C(C)C=C(O)C12. The number of allylic oxidation sites excluding steroid dienone is 4. The molecule has 1 saturated heterocycles. The molecule has 114 valence electrons. The maximum Gasteiger partial charge on any atom is 0.482 e. The van der Waals surface area contributed by atoms with Crippen molar-refractivity contribution in [3.05, 3.63) is 47.3 Å². The molecule has 2 N–H and O–H groups in total. The maximum atomic E-state index is 10.4. The van der Waals surface area contributed by atoms with Crippen molar-refractivity contribution in [1.82, 2.24) is 0 Å². The summed E-state index contributed by atoms with van der Waals surface area (Å²) in [5.41, 5.74) is 2.82. The summed E-state index contributed by atoms with van der Waals surface area (Å²) in [6.45, 7) is 9.43.